The molecule has 1 aliphatic carbocycles. The first-order valence-electron chi connectivity index (χ1n) is 6.91. The topological polar surface area (TPSA) is 29.3 Å². The van der Waals surface area contributed by atoms with Gasteiger partial charge in [0.25, 0.3) is 0 Å². The van der Waals surface area contributed by atoms with Crippen LogP contribution in [0.1, 0.15) is 44.7 Å². The number of hydrogen-bond acceptors (Lipinski definition) is 2. The van der Waals surface area contributed by atoms with Gasteiger partial charge in [-0.25, -0.2) is 0 Å². The molecule has 100 valence electrons. The molecule has 0 bridgehead atoms. The zero-order valence-corrected chi connectivity index (χ0v) is 12.9. The van der Waals surface area contributed by atoms with Gasteiger partial charge in [-0.15, -0.1) is 0 Å². The van der Waals surface area contributed by atoms with Gasteiger partial charge >= 0.3 is 0 Å². The largest absolute Gasteiger partial charge is 0.372 e. The van der Waals surface area contributed by atoms with E-state index >= 15 is 0 Å². The second kappa shape index (κ2) is 6.07. The summed E-state index contributed by atoms with van der Waals surface area (Å²) in [5, 5.41) is 0. The molecule has 0 saturated heterocycles. The van der Waals surface area contributed by atoms with Gasteiger partial charge in [0, 0.05) is 29.3 Å². The Morgan fingerprint density at radius 2 is 2.17 bits per heavy atom. The predicted octanol–water partition coefficient (Wildman–Crippen LogP) is 4.10. The third-order valence-electron chi connectivity index (χ3n) is 3.92. The first-order chi connectivity index (χ1) is 8.61. The Kier molecular flexibility index (Phi) is 4.68. The summed E-state index contributed by atoms with van der Waals surface area (Å²) in [5.41, 5.74) is 8.43. The van der Waals surface area contributed by atoms with E-state index in [1.807, 2.05) is 6.92 Å². The second-order valence-corrected chi connectivity index (χ2v) is 6.18. The quantitative estimate of drug-likeness (QED) is 0.887. The first-order valence-corrected chi connectivity index (χ1v) is 7.71. The molecule has 0 radical (unpaired) electrons. The van der Waals surface area contributed by atoms with Gasteiger partial charge in [0.05, 0.1) is 0 Å². The van der Waals surface area contributed by atoms with Crippen LogP contribution in [0.2, 0.25) is 0 Å². The number of nitrogens with zero attached hydrogens (tertiary/aromatic N) is 1. The highest BCUT2D eigenvalue weighted by Gasteiger charge is 2.20. The van der Waals surface area contributed by atoms with Crippen molar-refractivity contribution in [3.8, 4) is 0 Å². The summed E-state index contributed by atoms with van der Waals surface area (Å²) >= 11 is 3.64. The fourth-order valence-electron chi connectivity index (χ4n) is 2.49. The molecule has 0 aliphatic heterocycles. The minimum atomic E-state index is 0.0788. The van der Waals surface area contributed by atoms with Crippen molar-refractivity contribution < 1.29 is 0 Å². The molecule has 2 rings (SSSR count). The minimum absolute atomic E-state index is 0.0788. The van der Waals surface area contributed by atoms with Crippen molar-refractivity contribution in [2.24, 2.45) is 11.7 Å². The highest BCUT2D eigenvalue weighted by Crippen LogP contribution is 2.31. The Balaban J connectivity index is 2.12. The van der Waals surface area contributed by atoms with Crippen LogP contribution in [0.4, 0.5) is 5.69 Å². The third kappa shape index (κ3) is 3.07. The molecule has 1 aromatic rings. The molecule has 2 nitrogen and oxygen atoms in total. The SMILES string of the molecule is CCN(CC1CCC1)c1ccc(C(C)N)c(Br)c1. The van der Waals surface area contributed by atoms with Crippen LogP contribution in [0, 0.1) is 5.92 Å². The summed E-state index contributed by atoms with van der Waals surface area (Å²) in [7, 11) is 0. The molecular weight excluding hydrogens is 288 g/mol. The van der Waals surface area contributed by atoms with Crippen LogP contribution < -0.4 is 10.6 Å². The Labute approximate surface area is 119 Å². The molecule has 1 unspecified atom stereocenters. The van der Waals surface area contributed by atoms with Gasteiger partial charge in [-0.3, -0.25) is 0 Å². The van der Waals surface area contributed by atoms with Crippen molar-refractivity contribution in [1.29, 1.82) is 0 Å². The molecule has 1 aliphatic rings. The second-order valence-electron chi connectivity index (χ2n) is 5.33. The van der Waals surface area contributed by atoms with Crippen molar-refractivity contribution in [3.63, 3.8) is 0 Å². The van der Waals surface area contributed by atoms with E-state index in [4.69, 9.17) is 5.73 Å². The fraction of sp³-hybridized carbons (Fsp3) is 0.600. The lowest BCUT2D eigenvalue weighted by atomic mass is 9.85. The number of nitrogens with two attached hydrogens (primary N) is 1. The summed E-state index contributed by atoms with van der Waals surface area (Å²) in [6.07, 6.45) is 4.21. The highest BCUT2D eigenvalue weighted by molar-refractivity contribution is 9.10. The highest BCUT2D eigenvalue weighted by atomic mass is 79.9. The zero-order chi connectivity index (χ0) is 13.1. The van der Waals surface area contributed by atoms with E-state index in [9.17, 15) is 0 Å². The lowest BCUT2D eigenvalue weighted by Gasteiger charge is -2.33. The van der Waals surface area contributed by atoms with E-state index in [0.29, 0.717) is 0 Å². The lowest BCUT2D eigenvalue weighted by Crippen LogP contribution is -2.32. The van der Waals surface area contributed by atoms with Crippen molar-refractivity contribution in [2.75, 3.05) is 18.0 Å². The average molecular weight is 311 g/mol. The number of rotatable bonds is 5. The molecule has 18 heavy (non-hydrogen) atoms. The molecule has 0 amide bonds. The van der Waals surface area contributed by atoms with Gasteiger partial charge in [-0.2, -0.15) is 0 Å². The molecule has 0 heterocycles. The van der Waals surface area contributed by atoms with Crippen LogP contribution in [0.25, 0.3) is 0 Å². The molecule has 1 fully saturated rings. The van der Waals surface area contributed by atoms with Gasteiger partial charge in [-0.05, 0) is 50.3 Å². The minimum Gasteiger partial charge on any atom is -0.372 e. The molecular formula is C15H23BrN2. The Bertz CT molecular complexity index is 399. The normalized spacial score (nSPS) is 17.3. The average Bonchev–Trinajstić information content (AvgIpc) is 2.27. The van der Waals surface area contributed by atoms with E-state index in [2.05, 4.69) is 46.0 Å². The van der Waals surface area contributed by atoms with Crippen molar-refractivity contribution in [2.45, 2.75) is 39.2 Å². The van der Waals surface area contributed by atoms with E-state index < -0.39 is 0 Å². The smallest absolute Gasteiger partial charge is 0.0377 e. The Morgan fingerprint density at radius 3 is 2.61 bits per heavy atom. The third-order valence-corrected chi connectivity index (χ3v) is 4.61. The monoisotopic (exact) mass is 310 g/mol. The standard InChI is InChI=1S/C15H23BrN2/c1-3-18(10-12-5-4-6-12)13-7-8-14(11(2)17)15(16)9-13/h7-9,11-12H,3-6,10,17H2,1-2H3. The van der Waals surface area contributed by atoms with E-state index in [-0.39, 0.29) is 6.04 Å². The summed E-state index contributed by atoms with van der Waals surface area (Å²) in [6.45, 7) is 6.51. The van der Waals surface area contributed by atoms with E-state index in [1.54, 1.807) is 0 Å². The molecule has 0 spiro atoms. The molecule has 1 atom stereocenters. The molecule has 1 saturated carbocycles. The van der Waals surface area contributed by atoms with Crippen molar-refractivity contribution >= 4 is 21.6 Å². The van der Waals surface area contributed by atoms with Gasteiger partial charge in [0.1, 0.15) is 0 Å². The molecule has 3 heteroatoms. The van der Waals surface area contributed by atoms with Crippen LogP contribution in [-0.4, -0.2) is 13.1 Å². The Hall–Kier alpha value is -0.540. The summed E-state index contributed by atoms with van der Waals surface area (Å²) in [6, 6.07) is 6.63. The number of halogens is 1. The van der Waals surface area contributed by atoms with Gasteiger partial charge in [-0.1, -0.05) is 28.4 Å². The van der Waals surface area contributed by atoms with Crippen LogP contribution >= 0.6 is 15.9 Å². The van der Waals surface area contributed by atoms with Crippen LogP contribution in [0.15, 0.2) is 22.7 Å². The van der Waals surface area contributed by atoms with Crippen LogP contribution in [-0.2, 0) is 0 Å². The molecule has 1 aromatic carbocycles. The lowest BCUT2D eigenvalue weighted by molar-refractivity contribution is 0.318. The maximum Gasteiger partial charge on any atom is 0.0377 e. The van der Waals surface area contributed by atoms with Gasteiger partial charge in [0.2, 0.25) is 0 Å². The summed E-state index contributed by atoms with van der Waals surface area (Å²) in [4.78, 5) is 2.47. The van der Waals surface area contributed by atoms with Crippen molar-refractivity contribution in [1.82, 2.24) is 0 Å². The number of anilines is 1. The van der Waals surface area contributed by atoms with Crippen molar-refractivity contribution in [3.05, 3.63) is 28.2 Å². The van der Waals surface area contributed by atoms with Gasteiger partial charge < -0.3 is 10.6 Å². The fourth-order valence-corrected chi connectivity index (χ4v) is 3.21. The van der Waals surface area contributed by atoms with E-state index in [0.717, 1.165) is 16.9 Å². The summed E-state index contributed by atoms with van der Waals surface area (Å²) in [5.74, 6) is 0.900. The molecule has 2 N–H and O–H groups in total. The zero-order valence-electron chi connectivity index (χ0n) is 11.3. The molecule has 0 aromatic heterocycles. The maximum absolute atomic E-state index is 5.94. The number of benzene rings is 1. The van der Waals surface area contributed by atoms with Crippen LogP contribution in [0.5, 0.6) is 0 Å². The summed E-state index contributed by atoms with van der Waals surface area (Å²) < 4.78 is 1.13. The van der Waals surface area contributed by atoms with Gasteiger partial charge in [0.15, 0.2) is 0 Å². The predicted molar refractivity (Wildman–Crippen MR) is 82.0 cm³/mol. The first kappa shape index (κ1) is 13.9. The Morgan fingerprint density at radius 1 is 1.44 bits per heavy atom. The van der Waals surface area contributed by atoms with Crippen LogP contribution in [0.3, 0.4) is 0 Å². The maximum atomic E-state index is 5.94. The van der Waals surface area contributed by atoms with E-state index in [1.165, 1.54) is 37.1 Å². The number of hydrogen-bond donors (Lipinski definition) is 1.